The van der Waals surface area contributed by atoms with Crippen LogP contribution in [0.5, 0.6) is 5.75 Å². The van der Waals surface area contributed by atoms with Gasteiger partial charge in [-0.05, 0) is 36.2 Å². The van der Waals surface area contributed by atoms with Gasteiger partial charge in [-0.25, -0.2) is 0 Å². The van der Waals surface area contributed by atoms with Crippen LogP contribution in [0, 0.1) is 6.92 Å². The zero-order valence-corrected chi connectivity index (χ0v) is 16.6. The van der Waals surface area contributed by atoms with Gasteiger partial charge in [-0.2, -0.15) is 8.78 Å². The summed E-state index contributed by atoms with van der Waals surface area (Å²) >= 11 is 3.29. The summed E-state index contributed by atoms with van der Waals surface area (Å²) in [6, 6.07) is 12.7. The number of ether oxygens (including phenoxy) is 1. The van der Waals surface area contributed by atoms with Crippen LogP contribution in [-0.4, -0.2) is 48.5 Å². The fraction of sp³-hybridized carbons (Fsp3) is 0.350. The van der Waals surface area contributed by atoms with Gasteiger partial charge in [0.25, 0.3) is 5.91 Å². The van der Waals surface area contributed by atoms with Crippen LogP contribution in [0.25, 0.3) is 0 Å². The topological polar surface area (TPSA) is 32.8 Å². The average molecular weight is 439 g/mol. The van der Waals surface area contributed by atoms with Crippen LogP contribution in [0.3, 0.4) is 0 Å². The molecule has 2 aromatic rings. The van der Waals surface area contributed by atoms with E-state index in [1.165, 1.54) is 23.3 Å². The lowest BCUT2D eigenvalue weighted by molar-refractivity contribution is -0.0503. The Morgan fingerprint density at radius 2 is 1.85 bits per heavy atom. The van der Waals surface area contributed by atoms with Crippen molar-refractivity contribution in [3.05, 3.63) is 63.6 Å². The van der Waals surface area contributed by atoms with E-state index < -0.39 is 6.61 Å². The minimum absolute atomic E-state index is 0.0967. The Bertz CT molecular complexity index is 808. The van der Waals surface area contributed by atoms with Gasteiger partial charge in [0, 0.05) is 37.2 Å². The van der Waals surface area contributed by atoms with Crippen molar-refractivity contribution in [1.29, 1.82) is 0 Å². The minimum Gasteiger partial charge on any atom is -0.434 e. The highest BCUT2D eigenvalue weighted by Crippen LogP contribution is 2.26. The number of benzene rings is 2. The van der Waals surface area contributed by atoms with E-state index >= 15 is 0 Å². The molecule has 2 aromatic carbocycles. The maximum atomic E-state index is 12.8. The maximum Gasteiger partial charge on any atom is 0.387 e. The predicted molar refractivity (Wildman–Crippen MR) is 103 cm³/mol. The van der Waals surface area contributed by atoms with E-state index in [4.69, 9.17) is 0 Å². The Morgan fingerprint density at radius 1 is 1.15 bits per heavy atom. The summed E-state index contributed by atoms with van der Waals surface area (Å²) in [6.45, 7) is 2.52. The number of nitrogens with zero attached hydrogens (tertiary/aromatic N) is 2. The number of amides is 1. The van der Waals surface area contributed by atoms with Crippen molar-refractivity contribution < 1.29 is 18.3 Å². The van der Waals surface area contributed by atoms with Crippen molar-refractivity contribution in [2.45, 2.75) is 20.1 Å². The number of halogens is 3. The number of carbonyl (C=O) groups is 1. The zero-order chi connectivity index (χ0) is 19.4. The number of alkyl halides is 2. The van der Waals surface area contributed by atoms with Gasteiger partial charge in [0.15, 0.2) is 0 Å². The molecule has 7 heteroatoms. The summed E-state index contributed by atoms with van der Waals surface area (Å²) in [5, 5.41) is 0. The smallest absolute Gasteiger partial charge is 0.387 e. The van der Waals surface area contributed by atoms with Gasteiger partial charge in [0.1, 0.15) is 5.75 Å². The molecule has 1 aliphatic rings. The number of hydrogen-bond acceptors (Lipinski definition) is 3. The molecule has 1 aliphatic heterocycles. The van der Waals surface area contributed by atoms with Crippen molar-refractivity contribution in [1.82, 2.24) is 9.80 Å². The first-order valence-electron chi connectivity index (χ1n) is 8.74. The Kier molecular flexibility index (Phi) is 6.44. The molecule has 1 heterocycles. The van der Waals surface area contributed by atoms with Crippen LogP contribution >= 0.6 is 15.9 Å². The van der Waals surface area contributed by atoms with Crippen LogP contribution in [0.15, 0.2) is 46.9 Å². The van der Waals surface area contributed by atoms with E-state index in [-0.39, 0.29) is 17.2 Å². The molecule has 3 rings (SSSR count). The summed E-state index contributed by atoms with van der Waals surface area (Å²) in [5.74, 6) is -0.386. The summed E-state index contributed by atoms with van der Waals surface area (Å²) in [5.41, 5.74) is 2.67. The van der Waals surface area contributed by atoms with E-state index in [1.807, 2.05) is 12.1 Å². The second kappa shape index (κ2) is 8.80. The Labute approximate surface area is 165 Å². The van der Waals surface area contributed by atoms with E-state index in [0.717, 1.165) is 19.6 Å². The molecule has 144 valence electrons. The van der Waals surface area contributed by atoms with Crippen LogP contribution < -0.4 is 4.74 Å². The van der Waals surface area contributed by atoms with E-state index in [0.29, 0.717) is 17.6 Å². The quantitative estimate of drug-likeness (QED) is 0.696. The average Bonchev–Trinajstić information content (AvgIpc) is 2.65. The molecule has 0 spiro atoms. The molecule has 0 aliphatic carbocycles. The summed E-state index contributed by atoms with van der Waals surface area (Å²) < 4.78 is 30.4. The van der Waals surface area contributed by atoms with Crippen molar-refractivity contribution in [2.24, 2.45) is 0 Å². The second-order valence-corrected chi connectivity index (χ2v) is 7.43. The number of aryl methyl sites for hydroxylation is 1. The highest BCUT2D eigenvalue weighted by atomic mass is 79.9. The Morgan fingerprint density at radius 3 is 2.52 bits per heavy atom. The number of rotatable bonds is 5. The molecule has 1 saturated heterocycles. The van der Waals surface area contributed by atoms with Gasteiger partial charge in [-0.15, -0.1) is 0 Å². The first kappa shape index (κ1) is 19.8. The Balaban J connectivity index is 1.65. The SMILES string of the molecule is Cc1ccccc1CN1CCN(C(=O)c2cc(Br)ccc2OC(F)F)CC1. The van der Waals surface area contributed by atoms with Gasteiger partial charge in [0.2, 0.25) is 0 Å². The van der Waals surface area contributed by atoms with Crippen molar-refractivity contribution in [3.63, 3.8) is 0 Å². The molecular formula is C20H21BrF2N2O2. The number of hydrogen-bond donors (Lipinski definition) is 0. The lowest BCUT2D eigenvalue weighted by Crippen LogP contribution is -2.48. The van der Waals surface area contributed by atoms with Crippen molar-refractivity contribution in [3.8, 4) is 5.75 Å². The van der Waals surface area contributed by atoms with Gasteiger partial charge in [-0.3, -0.25) is 9.69 Å². The van der Waals surface area contributed by atoms with Gasteiger partial charge in [-0.1, -0.05) is 40.2 Å². The summed E-state index contributed by atoms with van der Waals surface area (Å²) in [4.78, 5) is 16.8. The van der Waals surface area contributed by atoms with Gasteiger partial charge in [0.05, 0.1) is 5.56 Å². The first-order valence-corrected chi connectivity index (χ1v) is 9.54. The van der Waals surface area contributed by atoms with Crippen molar-refractivity contribution in [2.75, 3.05) is 26.2 Å². The van der Waals surface area contributed by atoms with E-state index in [9.17, 15) is 13.6 Å². The highest BCUT2D eigenvalue weighted by molar-refractivity contribution is 9.10. The predicted octanol–water partition coefficient (Wildman–Crippen LogP) is 4.32. The summed E-state index contributed by atoms with van der Waals surface area (Å²) in [7, 11) is 0. The fourth-order valence-electron chi connectivity index (χ4n) is 3.18. The van der Waals surface area contributed by atoms with Crippen LogP contribution in [-0.2, 0) is 6.54 Å². The van der Waals surface area contributed by atoms with Gasteiger partial charge >= 0.3 is 6.61 Å². The summed E-state index contributed by atoms with van der Waals surface area (Å²) in [6.07, 6.45) is 0. The van der Waals surface area contributed by atoms with Gasteiger partial charge < -0.3 is 9.64 Å². The van der Waals surface area contributed by atoms with Crippen LogP contribution in [0.1, 0.15) is 21.5 Å². The maximum absolute atomic E-state index is 12.8. The molecular weight excluding hydrogens is 418 g/mol. The normalized spacial score (nSPS) is 15.2. The van der Waals surface area contributed by atoms with Crippen LogP contribution in [0.2, 0.25) is 0 Å². The third-order valence-corrected chi connectivity index (χ3v) is 5.20. The number of piperazine rings is 1. The first-order chi connectivity index (χ1) is 12.9. The third-order valence-electron chi connectivity index (χ3n) is 4.70. The monoisotopic (exact) mass is 438 g/mol. The van der Waals surface area contributed by atoms with E-state index in [2.05, 4.69) is 44.6 Å². The molecule has 0 atom stereocenters. The highest BCUT2D eigenvalue weighted by Gasteiger charge is 2.25. The molecule has 0 unspecified atom stereocenters. The second-order valence-electron chi connectivity index (χ2n) is 6.51. The van der Waals surface area contributed by atoms with Crippen molar-refractivity contribution >= 4 is 21.8 Å². The lowest BCUT2D eigenvalue weighted by Gasteiger charge is -2.35. The molecule has 27 heavy (non-hydrogen) atoms. The molecule has 0 saturated carbocycles. The fourth-order valence-corrected chi connectivity index (χ4v) is 3.54. The molecule has 4 nitrogen and oxygen atoms in total. The molecule has 0 radical (unpaired) electrons. The number of carbonyl (C=O) groups excluding carboxylic acids is 1. The third kappa shape index (κ3) is 5.05. The standard InChI is InChI=1S/C20H21BrF2N2O2/c1-14-4-2-3-5-15(14)13-24-8-10-25(11-9-24)19(26)17-12-16(21)6-7-18(17)27-20(22)23/h2-7,12,20H,8-11,13H2,1H3. The molecule has 1 amide bonds. The Hall–Kier alpha value is -1.99. The molecule has 0 bridgehead atoms. The zero-order valence-electron chi connectivity index (χ0n) is 15.0. The lowest BCUT2D eigenvalue weighted by atomic mass is 10.1. The minimum atomic E-state index is -2.97. The molecule has 0 N–H and O–H groups in total. The molecule has 0 aromatic heterocycles. The molecule has 1 fully saturated rings. The largest absolute Gasteiger partial charge is 0.434 e. The van der Waals surface area contributed by atoms with Crippen LogP contribution in [0.4, 0.5) is 8.78 Å². The van der Waals surface area contributed by atoms with E-state index in [1.54, 1.807) is 11.0 Å².